The van der Waals surface area contributed by atoms with E-state index < -0.39 is 0 Å². The summed E-state index contributed by atoms with van der Waals surface area (Å²) in [6.45, 7) is 3.95. The maximum absolute atomic E-state index is 5.50. The van der Waals surface area contributed by atoms with Gasteiger partial charge in [-0.2, -0.15) is 0 Å². The summed E-state index contributed by atoms with van der Waals surface area (Å²) in [6.07, 6.45) is 3.04. The molecule has 0 radical (unpaired) electrons. The fourth-order valence-electron chi connectivity index (χ4n) is 1.46. The molecule has 0 aromatic rings. The third-order valence-electron chi connectivity index (χ3n) is 2.30. The second-order valence-electron chi connectivity index (χ2n) is 3.57. The van der Waals surface area contributed by atoms with Crippen LogP contribution in [0.1, 0.15) is 26.2 Å². The van der Waals surface area contributed by atoms with Gasteiger partial charge in [-0.05, 0) is 18.3 Å². The van der Waals surface area contributed by atoms with E-state index in [0.717, 1.165) is 32.5 Å². The predicted octanol–water partition coefficient (Wildman–Crippen LogP) is 1.48. The number of thiocarbonyl (C=S) groups is 1. The lowest BCUT2D eigenvalue weighted by molar-refractivity contribution is 0.0274. The molecule has 0 saturated carbocycles. The zero-order valence-electron chi connectivity index (χ0n) is 6.93. The Morgan fingerprint density at radius 1 is 1.55 bits per heavy atom. The molecule has 1 rings (SSSR count). The van der Waals surface area contributed by atoms with Gasteiger partial charge in [0.05, 0.1) is 4.99 Å². The highest BCUT2D eigenvalue weighted by atomic mass is 32.1. The van der Waals surface area contributed by atoms with Gasteiger partial charge in [0, 0.05) is 19.6 Å². The zero-order chi connectivity index (χ0) is 8.32. The van der Waals surface area contributed by atoms with Crippen molar-refractivity contribution in [2.45, 2.75) is 26.2 Å². The SMILES string of the molecule is CC1(CC(N)=S)CCOCC1. The summed E-state index contributed by atoms with van der Waals surface area (Å²) in [5.41, 5.74) is 5.81. The third kappa shape index (κ3) is 2.75. The molecule has 3 heteroatoms. The van der Waals surface area contributed by atoms with E-state index in [1.54, 1.807) is 0 Å². The Kier molecular flexibility index (Phi) is 2.84. The lowest BCUT2D eigenvalue weighted by Gasteiger charge is -2.32. The average Bonchev–Trinajstić information content (AvgIpc) is 1.85. The molecule has 0 unspecified atom stereocenters. The Morgan fingerprint density at radius 3 is 2.55 bits per heavy atom. The summed E-state index contributed by atoms with van der Waals surface area (Å²) < 4.78 is 5.26. The Hall–Kier alpha value is -0.150. The largest absolute Gasteiger partial charge is 0.393 e. The average molecular weight is 173 g/mol. The molecule has 1 fully saturated rings. The number of hydrogen-bond acceptors (Lipinski definition) is 2. The van der Waals surface area contributed by atoms with Gasteiger partial charge in [-0.25, -0.2) is 0 Å². The van der Waals surface area contributed by atoms with Gasteiger partial charge in [-0.1, -0.05) is 19.1 Å². The maximum atomic E-state index is 5.50. The minimum Gasteiger partial charge on any atom is -0.393 e. The molecule has 1 aliphatic heterocycles. The summed E-state index contributed by atoms with van der Waals surface area (Å²) in [6, 6.07) is 0. The van der Waals surface area contributed by atoms with Gasteiger partial charge in [0.1, 0.15) is 0 Å². The van der Waals surface area contributed by atoms with E-state index in [1.807, 2.05) is 0 Å². The molecule has 0 aromatic carbocycles. The van der Waals surface area contributed by atoms with Gasteiger partial charge in [-0.15, -0.1) is 0 Å². The van der Waals surface area contributed by atoms with E-state index in [1.165, 1.54) is 0 Å². The van der Waals surface area contributed by atoms with Crippen LogP contribution in [-0.4, -0.2) is 18.2 Å². The van der Waals surface area contributed by atoms with Crippen LogP contribution < -0.4 is 5.73 Å². The lowest BCUT2D eigenvalue weighted by atomic mass is 9.79. The Labute approximate surface area is 73.1 Å². The zero-order valence-corrected chi connectivity index (χ0v) is 7.75. The number of ether oxygens (including phenoxy) is 1. The van der Waals surface area contributed by atoms with Crippen LogP contribution in [0.2, 0.25) is 0 Å². The molecule has 1 aliphatic rings. The molecule has 0 spiro atoms. The fraction of sp³-hybridized carbons (Fsp3) is 0.875. The molecular formula is C8H15NOS. The van der Waals surface area contributed by atoms with Crippen LogP contribution in [0.4, 0.5) is 0 Å². The monoisotopic (exact) mass is 173 g/mol. The van der Waals surface area contributed by atoms with Crippen molar-refractivity contribution < 1.29 is 4.74 Å². The first-order chi connectivity index (χ1) is 5.12. The van der Waals surface area contributed by atoms with Crippen molar-refractivity contribution in [1.82, 2.24) is 0 Å². The normalized spacial score (nSPS) is 23.0. The van der Waals surface area contributed by atoms with Gasteiger partial charge in [0.2, 0.25) is 0 Å². The first kappa shape index (κ1) is 8.94. The van der Waals surface area contributed by atoms with Crippen molar-refractivity contribution in [3.8, 4) is 0 Å². The molecule has 1 heterocycles. The summed E-state index contributed by atoms with van der Waals surface area (Å²) >= 11 is 4.89. The van der Waals surface area contributed by atoms with E-state index in [-0.39, 0.29) is 0 Å². The van der Waals surface area contributed by atoms with Crippen LogP contribution in [0.15, 0.2) is 0 Å². The Balaban J connectivity index is 2.43. The summed E-state index contributed by atoms with van der Waals surface area (Å²) in [4.78, 5) is 0.634. The van der Waals surface area contributed by atoms with E-state index >= 15 is 0 Å². The van der Waals surface area contributed by atoms with Crippen molar-refractivity contribution >= 4 is 17.2 Å². The van der Waals surface area contributed by atoms with Gasteiger partial charge in [0.15, 0.2) is 0 Å². The standard InChI is InChI=1S/C8H15NOS/c1-8(6-7(9)11)2-4-10-5-3-8/h2-6H2,1H3,(H2,9,11). The molecule has 0 aliphatic carbocycles. The van der Waals surface area contributed by atoms with Crippen LogP contribution in [0, 0.1) is 5.41 Å². The first-order valence-electron chi connectivity index (χ1n) is 3.98. The summed E-state index contributed by atoms with van der Waals surface area (Å²) in [5.74, 6) is 0. The second kappa shape index (κ2) is 3.50. The van der Waals surface area contributed by atoms with Crippen molar-refractivity contribution in [1.29, 1.82) is 0 Å². The van der Waals surface area contributed by atoms with Crippen LogP contribution in [0.3, 0.4) is 0 Å². The Bertz CT molecular complexity index is 152. The van der Waals surface area contributed by atoms with Crippen molar-refractivity contribution in [3.63, 3.8) is 0 Å². The van der Waals surface area contributed by atoms with Crippen LogP contribution in [0.5, 0.6) is 0 Å². The molecule has 0 aromatic heterocycles. The van der Waals surface area contributed by atoms with Crippen molar-refractivity contribution in [2.24, 2.45) is 11.1 Å². The van der Waals surface area contributed by atoms with E-state index in [0.29, 0.717) is 10.4 Å². The van der Waals surface area contributed by atoms with E-state index in [2.05, 4.69) is 6.92 Å². The van der Waals surface area contributed by atoms with Gasteiger partial charge in [-0.3, -0.25) is 0 Å². The van der Waals surface area contributed by atoms with Gasteiger partial charge >= 0.3 is 0 Å². The quantitative estimate of drug-likeness (QED) is 0.642. The minimum atomic E-state index is 0.310. The minimum absolute atomic E-state index is 0.310. The highest BCUT2D eigenvalue weighted by Crippen LogP contribution is 2.33. The topological polar surface area (TPSA) is 35.2 Å². The van der Waals surface area contributed by atoms with Crippen molar-refractivity contribution in [3.05, 3.63) is 0 Å². The summed E-state index contributed by atoms with van der Waals surface area (Å²) in [5, 5.41) is 0. The highest BCUT2D eigenvalue weighted by molar-refractivity contribution is 7.80. The van der Waals surface area contributed by atoms with Crippen LogP contribution >= 0.6 is 12.2 Å². The molecule has 2 nitrogen and oxygen atoms in total. The maximum Gasteiger partial charge on any atom is 0.0732 e. The molecule has 1 saturated heterocycles. The number of hydrogen-bond donors (Lipinski definition) is 1. The van der Waals surface area contributed by atoms with Gasteiger partial charge in [0.25, 0.3) is 0 Å². The summed E-state index contributed by atoms with van der Waals surface area (Å²) in [7, 11) is 0. The highest BCUT2D eigenvalue weighted by Gasteiger charge is 2.27. The molecule has 11 heavy (non-hydrogen) atoms. The number of nitrogens with two attached hydrogens (primary N) is 1. The Morgan fingerprint density at radius 2 is 2.09 bits per heavy atom. The van der Waals surface area contributed by atoms with E-state index in [9.17, 15) is 0 Å². The van der Waals surface area contributed by atoms with E-state index in [4.69, 9.17) is 22.7 Å². The first-order valence-corrected chi connectivity index (χ1v) is 4.39. The molecule has 0 bridgehead atoms. The molecule has 0 atom stereocenters. The molecule has 64 valence electrons. The predicted molar refractivity (Wildman–Crippen MR) is 49.6 cm³/mol. The fourth-order valence-corrected chi connectivity index (χ4v) is 1.81. The third-order valence-corrected chi connectivity index (χ3v) is 2.45. The molecular weight excluding hydrogens is 158 g/mol. The smallest absolute Gasteiger partial charge is 0.0732 e. The van der Waals surface area contributed by atoms with Gasteiger partial charge < -0.3 is 10.5 Å². The van der Waals surface area contributed by atoms with Crippen molar-refractivity contribution in [2.75, 3.05) is 13.2 Å². The number of rotatable bonds is 2. The molecule has 0 amide bonds. The second-order valence-corrected chi connectivity index (χ2v) is 4.09. The van der Waals surface area contributed by atoms with Crippen LogP contribution in [0.25, 0.3) is 0 Å². The molecule has 2 N–H and O–H groups in total. The lowest BCUT2D eigenvalue weighted by Crippen LogP contribution is -2.30. The van der Waals surface area contributed by atoms with Crippen LogP contribution in [-0.2, 0) is 4.74 Å².